The molecule has 276 valence electrons. The molecule has 0 aromatic carbocycles. The minimum absolute atomic E-state index is 0.0477. The maximum absolute atomic E-state index is 12.6. The first kappa shape index (κ1) is 45.3. The van der Waals surface area contributed by atoms with Crippen molar-refractivity contribution >= 4 is 17.9 Å². The Labute approximate surface area is 293 Å². The second kappa shape index (κ2) is 31.6. The van der Waals surface area contributed by atoms with Crippen LogP contribution < -0.4 is 0 Å². The number of nitrogens with zero attached hydrogens (tertiary/aromatic N) is 1. The molecule has 0 fully saturated rings. The SMILES string of the molecule is CC/C=C/C/C=C/C/C=C/C/C=C/CCCCCC(=O)OC(COCCC(C(=O)O)[N+](C)(C)C)COC(=O)CCCCCCCCCC. The average Bonchev–Trinajstić information content (AvgIpc) is 3.03. The third-order valence-electron chi connectivity index (χ3n) is 7.99. The highest BCUT2D eigenvalue weighted by molar-refractivity contribution is 5.72. The fourth-order valence-electron chi connectivity index (χ4n) is 5.08. The number of esters is 2. The van der Waals surface area contributed by atoms with Crippen LogP contribution >= 0.6 is 0 Å². The second-order valence-corrected chi connectivity index (χ2v) is 13.5. The number of carbonyl (C=O) groups is 3. The smallest absolute Gasteiger partial charge is 0.362 e. The number of rotatable bonds is 32. The molecule has 0 aromatic rings. The van der Waals surface area contributed by atoms with Crippen molar-refractivity contribution in [3.8, 4) is 0 Å². The van der Waals surface area contributed by atoms with Crippen molar-refractivity contribution in [3.05, 3.63) is 48.6 Å². The molecule has 0 radical (unpaired) electrons. The number of hydrogen-bond donors (Lipinski definition) is 1. The lowest BCUT2D eigenvalue weighted by molar-refractivity contribution is -0.887. The minimum Gasteiger partial charge on any atom is -0.477 e. The topological polar surface area (TPSA) is 99.1 Å². The van der Waals surface area contributed by atoms with Crippen molar-refractivity contribution in [2.75, 3.05) is 41.0 Å². The molecule has 0 rings (SSSR count). The Morgan fingerprint density at radius 1 is 0.646 bits per heavy atom. The molecule has 0 aromatic heterocycles. The summed E-state index contributed by atoms with van der Waals surface area (Å²) in [5.41, 5.74) is 0. The molecule has 0 heterocycles. The predicted molar refractivity (Wildman–Crippen MR) is 197 cm³/mol. The van der Waals surface area contributed by atoms with E-state index in [1.165, 1.54) is 32.1 Å². The standard InChI is InChI=1S/C40H69NO7/c1-6-8-10-12-14-16-17-18-19-20-21-22-23-25-27-29-31-39(43)48-36(34-46-33-32-37(40(44)45)41(3,4)5)35-47-38(42)30-28-26-24-15-13-11-9-7-2/h8,10,14,16,18-19,21-22,36-37H,6-7,9,11-13,15,17,20,23-35H2,1-5H3/p+1/b10-8+,16-14+,19-18+,22-21+. The van der Waals surface area contributed by atoms with E-state index in [4.69, 9.17) is 14.2 Å². The van der Waals surface area contributed by atoms with Crippen molar-refractivity contribution in [1.82, 2.24) is 0 Å². The van der Waals surface area contributed by atoms with Gasteiger partial charge >= 0.3 is 17.9 Å². The molecule has 0 saturated heterocycles. The molecule has 0 amide bonds. The van der Waals surface area contributed by atoms with Crippen LogP contribution in [-0.4, -0.2) is 80.6 Å². The normalized spacial score (nSPS) is 13.6. The number of hydrogen-bond acceptors (Lipinski definition) is 6. The van der Waals surface area contributed by atoms with Crippen LogP contribution in [0.15, 0.2) is 48.6 Å². The number of ether oxygens (including phenoxy) is 3. The van der Waals surface area contributed by atoms with E-state index in [1.807, 2.05) is 21.1 Å². The van der Waals surface area contributed by atoms with Crippen molar-refractivity contribution in [3.63, 3.8) is 0 Å². The van der Waals surface area contributed by atoms with Gasteiger partial charge < -0.3 is 23.8 Å². The van der Waals surface area contributed by atoms with Gasteiger partial charge in [0.25, 0.3) is 0 Å². The zero-order valence-corrected chi connectivity index (χ0v) is 31.2. The Bertz CT molecular complexity index is 932. The lowest BCUT2D eigenvalue weighted by Crippen LogP contribution is -2.50. The van der Waals surface area contributed by atoms with Gasteiger partial charge in [0.1, 0.15) is 6.61 Å². The van der Waals surface area contributed by atoms with Crippen molar-refractivity contribution in [2.45, 2.75) is 148 Å². The summed E-state index contributed by atoms with van der Waals surface area (Å²) in [4.78, 5) is 36.6. The highest BCUT2D eigenvalue weighted by Gasteiger charge is 2.31. The van der Waals surface area contributed by atoms with E-state index in [0.29, 0.717) is 19.3 Å². The Kier molecular flexibility index (Phi) is 29.8. The maximum atomic E-state index is 12.6. The van der Waals surface area contributed by atoms with Gasteiger partial charge in [0.05, 0.1) is 34.4 Å². The molecule has 2 atom stereocenters. The fraction of sp³-hybridized carbons (Fsp3) is 0.725. The van der Waals surface area contributed by atoms with Gasteiger partial charge in [-0.2, -0.15) is 0 Å². The van der Waals surface area contributed by atoms with Gasteiger partial charge in [0.2, 0.25) is 0 Å². The van der Waals surface area contributed by atoms with Crippen LogP contribution in [-0.2, 0) is 28.6 Å². The monoisotopic (exact) mass is 677 g/mol. The van der Waals surface area contributed by atoms with Crippen LogP contribution in [0, 0.1) is 0 Å². The number of carbonyl (C=O) groups excluding carboxylic acids is 2. The van der Waals surface area contributed by atoms with Gasteiger partial charge in [-0.15, -0.1) is 0 Å². The van der Waals surface area contributed by atoms with Gasteiger partial charge in [-0.05, 0) is 51.4 Å². The van der Waals surface area contributed by atoms with Crippen LogP contribution in [0.25, 0.3) is 0 Å². The summed E-state index contributed by atoms with van der Waals surface area (Å²) in [5, 5.41) is 9.56. The third kappa shape index (κ3) is 29.4. The van der Waals surface area contributed by atoms with Crippen LogP contribution in [0.5, 0.6) is 0 Å². The largest absolute Gasteiger partial charge is 0.477 e. The van der Waals surface area contributed by atoms with E-state index >= 15 is 0 Å². The lowest BCUT2D eigenvalue weighted by atomic mass is 10.1. The van der Waals surface area contributed by atoms with Crippen LogP contribution in [0.3, 0.4) is 0 Å². The number of likely N-dealkylation sites (N-methyl/N-ethyl adjacent to an activating group) is 1. The highest BCUT2D eigenvalue weighted by Crippen LogP contribution is 2.12. The van der Waals surface area contributed by atoms with Gasteiger partial charge in [-0.25, -0.2) is 4.79 Å². The first-order valence-corrected chi connectivity index (χ1v) is 18.7. The Morgan fingerprint density at radius 2 is 1.17 bits per heavy atom. The molecular weight excluding hydrogens is 606 g/mol. The Balaban J connectivity index is 4.48. The molecule has 1 N–H and O–H groups in total. The molecule has 0 bridgehead atoms. The molecule has 2 unspecified atom stereocenters. The van der Waals surface area contributed by atoms with Crippen LogP contribution in [0.1, 0.15) is 136 Å². The number of allylic oxidation sites excluding steroid dienone is 8. The number of carboxylic acid groups (broad SMARTS) is 1. The maximum Gasteiger partial charge on any atom is 0.362 e. The summed E-state index contributed by atoms with van der Waals surface area (Å²) >= 11 is 0. The first-order valence-electron chi connectivity index (χ1n) is 18.7. The molecule has 8 nitrogen and oxygen atoms in total. The molecule has 8 heteroatoms. The Hall–Kier alpha value is -2.71. The molecule has 0 spiro atoms. The van der Waals surface area contributed by atoms with E-state index in [-0.39, 0.29) is 36.2 Å². The van der Waals surface area contributed by atoms with Gasteiger partial charge in [0, 0.05) is 19.3 Å². The zero-order chi connectivity index (χ0) is 35.7. The molecular formula is C40H70NO7+. The van der Waals surface area contributed by atoms with Crippen molar-refractivity contribution in [2.24, 2.45) is 0 Å². The average molecular weight is 677 g/mol. The summed E-state index contributed by atoms with van der Waals surface area (Å²) in [5.74, 6) is -1.52. The summed E-state index contributed by atoms with van der Waals surface area (Å²) in [7, 11) is 5.49. The zero-order valence-electron chi connectivity index (χ0n) is 31.2. The second-order valence-electron chi connectivity index (χ2n) is 13.5. The summed E-state index contributed by atoms with van der Waals surface area (Å²) in [6.07, 6.45) is 34.5. The van der Waals surface area contributed by atoms with Crippen LogP contribution in [0.4, 0.5) is 0 Å². The third-order valence-corrected chi connectivity index (χ3v) is 7.99. The fourth-order valence-corrected chi connectivity index (χ4v) is 5.08. The lowest BCUT2D eigenvalue weighted by Gasteiger charge is -2.31. The van der Waals surface area contributed by atoms with E-state index in [2.05, 4.69) is 62.5 Å². The summed E-state index contributed by atoms with van der Waals surface area (Å²) < 4.78 is 17.1. The summed E-state index contributed by atoms with van der Waals surface area (Å²) in [6.45, 7) is 4.53. The molecule has 0 aliphatic carbocycles. The van der Waals surface area contributed by atoms with Crippen LogP contribution in [0.2, 0.25) is 0 Å². The van der Waals surface area contributed by atoms with E-state index in [0.717, 1.165) is 70.6 Å². The quantitative estimate of drug-likeness (QED) is 0.0328. The van der Waals surface area contributed by atoms with Crippen molar-refractivity contribution in [1.29, 1.82) is 0 Å². The number of quaternary nitrogens is 1. The molecule has 48 heavy (non-hydrogen) atoms. The molecule has 0 aliphatic heterocycles. The van der Waals surface area contributed by atoms with E-state index < -0.39 is 18.1 Å². The number of carboxylic acids is 1. The number of unbranched alkanes of at least 4 members (excludes halogenated alkanes) is 10. The Morgan fingerprint density at radius 3 is 1.73 bits per heavy atom. The van der Waals surface area contributed by atoms with Crippen molar-refractivity contribution < 1.29 is 38.2 Å². The molecule has 0 saturated carbocycles. The van der Waals surface area contributed by atoms with Gasteiger partial charge in [-0.3, -0.25) is 9.59 Å². The predicted octanol–water partition coefficient (Wildman–Crippen LogP) is 9.29. The van der Waals surface area contributed by atoms with E-state index in [1.54, 1.807) is 0 Å². The summed E-state index contributed by atoms with van der Waals surface area (Å²) in [6, 6.07) is -0.618. The highest BCUT2D eigenvalue weighted by atomic mass is 16.6. The minimum atomic E-state index is -0.883. The van der Waals surface area contributed by atoms with Gasteiger partial charge in [0.15, 0.2) is 12.1 Å². The van der Waals surface area contributed by atoms with E-state index in [9.17, 15) is 19.5 Å². The van der Waals surface area contributed by atoms with Gasteiger partial charge in [-0.1, -0.05) is 114 Å². The number of aliphatic carboxylic acids is 1. The molecule has 0 aliphatic rings. The first-order chi connectivity index (χ1) is 23.1.